The van der Waals surface area contributed by atoms with Crippen molar-refractivity contribution >= 4 is 18.2 Å². The zero-order valence-corrected chi connectivity index (χ0v) is 8.17. The van der Waals surface area contributed by atoms with Crippen molar-refractivity contribution in [2.45, 2.75) is 6.42 Å². The van der Waals surface area contributed by atoms with E-state index in [-0.39, 0.29) is 30.4 Å². The monoisotopic (exact) mass is 211 g/mol. The molecular weight excluding hydrogens is 202 g/mol. The molecule has 0 amide bonds. The Hall–Kier alpha value is -1.48. The lowest BCUT2D eigenvalue weighted by Crippen LogP contribution is -2.15. The van der Waals surface area contributed by atoms with Gasteiger partial charge in [0.1, 0.15) is 0 Å². The number of halogens is 1. The minimum Gasteiger partial charge on any atom is -0.504 e. The summed E-state index contributed by atoms with van der Waals surface area (Å²) in [5, 5.41) is 12.2. The van der Waals surface area contributed by atoms with E-state index in [1.807, 2.05) is 18.2 Å². The van der Waals surface area contributed by atoms with Gasteiger partial charge in [0.15, 0.2) is 5.76 Å². The Morgan fingerprint density at radius 2 is 2.14 bits per heavy atom. The van der Waals surface area contributed by atoms with E-state index in [9.17, 15) is 9.90 Å². The predicted octanol–water partition coefficient (Wildman–Crippen LogP) is 1.75. The largest absolute Gasteiger partial charge is 0.504 e. The second kappa shape index (κ2) is 4.15. The Labute approximate surface area is 87.9 Å². The Morgan fingerprint density at radius 3 is 2.93 bits per heavy atom. The second-order valence-corrected chi connectivity index (χ2v) is 2.93. The van der Waals surface area contributed by atoms with Crippen LogP contribution >= 0.6 is 12.4 Å². The number of allylic oxidation sites excluding steroid dienone is 6. The van der Waals surface area contributed by atoms with Crippen LogP contribution in [-0.2, 0) is 4.79 Å². The quantitative estimate of drug-likeness (QED) is 0.642. The summed E-state index contributed by atoms with van der Waals surface area (Å²) in [7, 11) is 0. The van der Waals surface area contributed by atoms with Gasteiger partial charge in [0.25, 0.3) is 0 Å². The van der Waals surface area contributed by atoms with Crippen LogP contribution in [0.4, 0.5) is 0 Å². The molecule has 0 atom stereocenters. The molecule has 1 heterocycles. The van der Waals surface area contributed by atoms with Crippen molar-refractivity contribution < 1.29 is 9.90 Å². The maximum atomic E-state index is 11.1. The molecule has 0 radical (unpaired) electrons. The van der Waals surface area contributed by atoms with Crippen LogP contribution < -0.4 is 5.32 Å². The summed E-state index contributed by atoms with van der Waals surface area (Å²) in [4.78, 5) is 11.1. The van der Waals surface area contributed by atoms with Crippen molar-refractivity contribution in [2.75, 3.05) is 0 Å². The lowest BCUT2D eigenvalue weighted by Gasteiger charge is -2.12. The first-order chi connectivity index (χ1) is 6.27. The van der Waals surface area contributed by atoms with Gasteiger partial charge in [-0.15, -0.1) is 12.4 Å². The van der Waals surface area contributed by atoms with Gasteiger partial charge in [-0.05, 0) is 11.6 Å². The fourth-order valence-corrected chi connectivity index (χ4v) is 1.32. The lowest BCUT2D eigenvalue weighted by atomic mass is 10.00. The molecule has 2 rings (SSSR count). The normalized spacial score (nSPS) is 19.1. The van der Waals surface area contributed by atoms with Gasteiger partial charge >= 0.3 is 0 Å². The number of nitrogens with one attached hydrogen (secondary N) is 1. The molecule has 1 aliphatic carbocycles. The van der Waals surface area contributed by atoms with Crippen LogP contribution in [0.15, 0.2) is 47.5 Å². The van der Waals surface area contributed by atoms with Gasteiger partial charge in [-0.2, -0.15) is 0 Å². The van der Waals surface area contributed by atoms with Crippen molar-refractivity contribution in [1.29, 1.82) is 0 Å². The molecule has 2 N–H and O–H groups in total. The van der Waals surface area contributed by atoms with Crippen LogP contribution in [0.5, 0.6) is 0 Å². The number of aliphatic hydroxyl groups is 1. The number of aliphatic hydroxyl groups excluding tert-OH is 1. The summed E-state index contributed by atoms with van der Waals surface area (Å²) in [6, 6.07) is 0. The first kappa shape index (κ1) is 10.6. The van der Waals surface area contributed by atoms with Crippen LogP contribution in [0.2, 0.25) is 0 Å². The van der Waals surface area contributed by atoms with E-state index in [4.69, 9.17) is 0 Å². The van der Waals surface area contributed by atoms with E-state index in [1.54, 1.807) is 6.20 Å². The Morgan fingerprint density at radius 1 is 1.36 bits per heavy atom. The molecule has 0 unspecified atom stereocenters. The maximum Gasteiger partial charge on any atom is 0.201 e. The molecule has 0 spiro atoms. The first-order valence-electron chi connectivity index (χ1n) is 4.04. The molecule has 0 bridgehead atoms. The van der Waals surface area contributed by atoms with Crippen molar-refractivity contribution in [3.05, 3.63) is 47.5 Å². The van der Waals surface area contributed by atoms with Crippen molar-refractivity contribution in [3.8, 4) is 0 Å². The molecule has 74 valence electrons. The second-order valence-electron chi connectivity index (χ2n) is 2.93. The topological polar surface area (TPSA) is 49.3 Å². The Kier molecular flexibility index (Phi) is 3.14. The molecular formula is C10H10ClNO2. The summed E-state index contributed by atoms with van der Waals surface area (Å²) in [5.74, 6) is -0.401. The zero-order valence-electron chi connectivity index (χ0n) is 7.36. The number of Topliss-reactive ketones (excluding diaryl/α,β-unsaturated/α-hetero) is 1. The average molecular weight is 212 g/mol. The smallest absolute Gasteiger partial charge is 0.201 e. The van der Waals surface area contributed by atoms with Crippen molar-refractivity contribution in [1.82, 2.24) is 5.32 Å². The Balaban J connectivity index is 0.000000980. The highest BCUT2D eigenvalue weighted by Gasteiger charge is 2.18. The van der Waals surface area contributed by atoms with E-state index >= 15 is 0 Å². The van der Waals surface area contributed by atoms with Gasteiger partial charge in [-0.3, -0.25) is 4.79 Å². The van der Waals surface area contributed by atoms with Gasteiger partial charge < -0.3 is 10.4 Å². The Bertz CT molecular complexity index is 378. The SMILES string of the molecule is Cl.O=C1CC2=C(C=C1O)NC=CC=C2. The molecule has 0 aromatic heterocycles. The summed E-state index contributed by atoms with van der Waals surface area (Å²) < 4.78 is 0. The first-order valence-corrected chi connectivity index (χ1v) is 4.04. The molecule has 0 aromatic carbocycles. The molecule has 4 heteroatoms. The molecule has 14 heavy (non-hydrogen) atoms. The molecule has 0 saturated heterocycles. The predicted molar refractivity (Wildman–Crippen MR) is 56.0 cm³/mol. The van der Waals surface area contributed by atoms with E-state index in [0.29, 0.717) is 0 Å². The molecule has 0 aromatic rings. The van der Waals surface area contributed by atoms with Gasteiger partial charge in [0.2, 0.25) is 5.78 Å². The highest BCUT2D eigenvalue weighted by atomic mass is 35.5. The number of ketones is 1. The summed E-state index contributed by atoms with van der Waals surface area (Å²) in [6.07, 6.45) is 9.06. The minimum absolute atomic E-state index is 0. The lowest BCUT2D eigenvalue weighted by molar-refractivity contribution is -0.117. The van der Waals surface area contributed by atoms with Crippen LogP contribution in [0.1, 0.15) is 6.42 Å². The van der Waals surface area contributed by atoms with Crippen LogP contribution in [0, 0.1) is 0 Å². The van der Waals surface area contributed by atoms with Gasteiger partial charge in [-0.1, -0.05) is 12.2 Å². The molecule has 0 saturated carbocycles. The number of hydrogen-bond donors (Lipinski definition) is 2. The van der Waals surface area contributed by atoms with E-state index in [0.717, 1.165) is 11.3 Å². The fourth-order valence-electron chi connectivity index (χ4n) is 1.32. The average Bonchev–Trinajstić information content (AvgIpc) is 2.31. The highest BCUT2D eigenvalue weighted by Crippen LogP contribution is 2.20. The maximum absolute atomic E-state index is 11.1. The van der Waals surface area contributed by atoms with E-state index in [1.165, 1.54) is 6.08 Å². The fraction of sp³-hybridized carbons (Fsp3) is 0.100. The van der Waals surface area contributed by atoms with E-state index < -0.39 is 0 Å². The van der Waals surface area contributed by atoms with Crippen LogP contribution in [0.25, 0.3) is 0 Å². The molecule has 0 fully saturated rings. The van der Waals surface area contributed by atoms with Gasteiger partial charge in [0.05, 0.1) is 0 Å². The van der Waals surface area contributed by atoms with Gasteiger partial charge in [-0.25, -0.2) is 0 Å². The molecule has 2 aliphatic rings. The third-order valence-electron chi connectivity index (χ3n) is 2.01. The third kappa shape index (κ3) is 1.88. The number of rotatable bonds is 0. The molecule has 1 aliphatic heterocycles. The van der Waals surface area contributed by atoms with Crippen LogP contribution in [-0.4, -0.2) is 10.9 Å². The van der Waals surface area contributed by atoms with Crippen molar-refractivity contribution in [3.63, 3.8) is 0 Å². The summed E-state index contributed by atoms with van der Waals surface area (Å²) in [6.45, 7) is 0. The number of carbonyl (C=O) groups excluding carboxylic acids is 1. The third-order valence-corrected chi connectivity index (χ3v) is 2.01. The number of hydrogen-bond acceptors (Lipinski definition) is 3. The number of carbonyl (C=O) groups is 1. The highest BCUT2D eigenvalue weighted by molar-refractivity contribution is 5.97. The van der Waals surface area contributed by atoms with E-state index in [2.05, 4.69) is 5.32 Å². The van der Waals surface area contributed by atoms with Crippen LogP contribution in [0.3, 0.4) is 0 Å². The zero-order chi connectivity index (χ0) is 9.26. The van der Waals surface area contributed by atoms with Gasteiger partial charge in [0, 0.05) is 24.4 Å². The summed E-state index contributed by atoms with van der Waals surface area (Å²) in [5.41, 5.74) is 1.70. The summed E-state index contributed by atoms with van der Waals surface area (Å²) >= 11 is 0. The minimum atomic E-state index is -0.230. The van der Waals surface area contributed by atoms with Crippen molar-refractivity contribution in [2.24, 2.45) is 0 Å². The standard InChI is InChI=1S/C10H9NO2.ClH/c12-9-5-7-3-1-2-4-11-8(7)6-10(9)13;/h1-4,6,11,13H,5H2;1H. The molecule has 3 nitrogen and oxygen atoms in total.